The van der Waals surface area contributed by atoms with Crippen molar-refractivity contribution in [3.05, 3.63) is 95.7 Å². The minimum atomic E-state index is -4.43. The van der Waals surface area contributed by atoms with Crippen LogP contribution < -0.4 is 14.8 Å². The second-order valence-electron chi connectivity index (χ2n) is 9.09. The Kier molecular flexibility index (Phi) is 7.15. The van der Waals surface area contributed by atoms with Crippen LogP contribution in [0.2, 0.25) is 0 Å². The summed E-state index contributed by atoms with van der Waals surface area (Å²) >= 11 is 0. The molecule has 0 saturated carbocycles. The zero-order valence-corrected chi connectivity index (χ0v) is 21.4. The Labute approximate surface area is 223 Å². The molecule has 2 heterocycles. The minimum Gasteiger partial charge on any atom is -0.493 e. The molecular formula is C30H26F3N3O3. The smallest absolute Gasteiger partial charge is 0.416 e. The molecule has 6 nitrogen and oxygen atoms in total. The van der Waals surface area contributed by atoms with Gasteiger partial charge in [-0.2, -0.15) is 13.2 Å². The van der Waals surface area contributed by atoms with Gasteiger partial charge in [0.15, 0.2) is 11.5 Å². The van der Waals surface area contributed by atoms with Crippen LogP contribution in [-0.4, -0.2) is 43.1 Å². The van der Waals surface area contributed by atoms with Crippen molar-refractivity contribution >= 4 is 33.8 Å². The lowest BCUT2D eigenvalue weighted by Crippen LogP contribution is -2.34. The molecule has 1 aliphatic rings. The van der Waals surface area contributed by atoms with Gasteiger partial charge < -0.3 is 19.7 Å². The molecule has 200 valence electrons. The molecule has 5 rings (SSSR count). The topological polar surface area (TPSA) is 63.7 Å². The summed E-state index contributed by atoms with van der Waals surface area (Å²) in [7, 11) is 3.20. The number of benzene rings is 3. The van der Waals surface area contributed by atoms with Crippen LogP contribution in [0.5, 0.6) is 11.5 Å². The van der Waals surface area contributed by atoms with Gasteiger partial charge in [-0.1, -0.05) is 18.2 Å². The average molecular weight is 534 g/mol. The molecule has 0 saturated heterocycles. The molecule has 39 heavy (non-hydrogen) atoms. The summed E-state index contributed by atoms with van der Waals surface area (Å²) in [6.45, 7) is 1.08. The minimum absolute atomic E-state index is 0.0711. The Morgan fingerprint density at radius 2 is 1.72 bits per heavy atom. The molecule has 0 spiro atoms. The Morgan fingerprint density at radius 3 is 2.38 bits per heavy atom. The molecule has 0 bridgehead atoms. The highest BCUT2D eigenvalue weighted by atomic mass is 19.4. The number of amides is 1. The van der Waals surface area contributed by atoms with Crippen LogP contribution >= 0.6 is 0 Å². The van der Waals surface area contributed by atoms with E-state index in [1.54, 1.807) is 49.5 Å². The number of hydrogen-bond acceptors (Lipinski definition) is 5. The first kappa shape index (κ1) is 26.1. The van der Waals surface area contributed by atoms with E-state index < -0.39 is 11.7 Å². The molecule has 9 heteroatoms. The fourth-order valence-electron chi connectivity index (χ4n) is 4.62. The van der Waals surface area contributed by atoms with Crippen molar-refractivity contribution in [2.45, 2.75) is 12.6 Å². The van der Waals surface area contributed by atoms with E-state index in [4.69, 9.17) is 9.47 Å². The Bertz CT molecular complexity index is 1550. The number of halogens is 3. The third-order valence-electron chi connectivity index (χ3n) is 6.73. The second kappa shape index (κ2) is 10.7. The van der Waals surface area contributed by atoms with Gasteiger partial charge in [0.2, 0.25) is 0 Å². The highest BCUT2D eigenvalue weighted by molar-refractivity contribution is 5.96. The Hall–Kier alpha value is -4.53. The number of nitrogens with zero attached hydrogens (tertiary/aromatic N) is 2. The van der Waals surface area contributed by atoms with Crippen molar-refractivity contribution < 1.29 is 27.4 Å². The fraction of sp³-hybridized carbons (Fsp3) is 0.200. The molecule has 1 aliphatic heterocycles. The maximum atomic E-state index is 13.1. The van der Waals surface area contributed by atoms with E-state index in [1.807, 2.05) is 18.2 Å². The van der Waals surface area contributed by atoms with Crippen LogP contribution in [0.25, 0.3) is 16.5 Å². The molecule has 4 aromatic rings. The van der Waals surface area contributed by atoms with Crippen LogP contribution in [0.1, 0.15) is 27.9 Å². The summed E-state index contributed by atoms with van der Waals surface area (Å²) in [6.07, 6.45) is -0.206. The molecule has 0 aliphatic carbocycles. The number of anilines is 2. The number of pyridine rings is 1. The van der Waals surface area contributed by atoms with Gasteiger partial charge in [0.25, 0.3) is 5.91 Å². The summed E-state index contributed by atoms with van der Waals surface area (Å²) in [5.41, 5.74) is 3.56. The number of ether oxygens (including phenoxy) is 2. The predicted molar refractivity (Wildman–Crippen MR) is 145 cm³/mol. The van der Waals surface area contributed by atoms with Gasteiger partial charge in [0, 0.05) is 41.6 Å². The standard InChI is InChI=1S/C30H26F3N3O3/c1-38-27-10-5-21(17-28(27)39-2)19-12-15-36(16-13-19)29(37)20-3-7-23(8-4-20)35-25-11-14-34-26-18-22(30(31,32)33)6-9-24(25)26/h3-12,14,17-18H,13,15-16H2,1-2H3,(H,34,35). The van der Waals surface area contributed by atoms with Crippen LogP contribution in [-0.2, 0) is 6.18 Å². The van der Waals surface area contributed by atoms with Gasteiger partial charge >= 0.3 is 6.18 Å². The zero-order chi connectivity index (χ0) is 27.6. The number of aromatic nitrogens is 1. The number of methoxy groups -OCH3 is 2. The van der Waals surface area contributed by atoms with Crippen LogP contribution in [0, 0.1) is 0 Å². The maximum Gasteiger partial charge on any atom is 0.416 e. The molecular weight excluding hydrogens is 507 g/mol. The van der Waals surface area contributed by atoms with Gasteiger partial charge in [-0.15, -0.1) is 0 Å². The third-order valence-corrected chi connectivity index (χ3v) is 6.73. The SMILES string of the molecule is COc1ccc(C2=CCN(C(=O)c3ccc(Nc4ccnc5cc(C(F)(F)F)ccc45)cc3)CC2)cc1OC. The highest BCUT2D eigenvalue weighted by Gasteiger charge is 2.30. The number of hydrogen-bond donors (Lipinski definition) is 1. The number of fused-ring (bicyclic) bond motifs is 1. The van der Waals surface area contributed by atoms with Crippen LogP contribution in [0.4, 0.5) is 24.5 Å². The van der Waals surface area contributed by atoms with Gasteiger partial charge in [-0.25, -0.2) is 0 Å². The van der Waals surface area contributed by atoms with Crippen LogP contribution in [0.3, 0.4) is 0 Å². The van der Waals surface area contributed by atoms with Crippen molar-refractivity contribution in [1.29, 1.82) is 0 Å². The molecule has 0 unspecified atom stereocenters. The first-order chi connectivity index (χ1) is 18.8. The molecule has 3 aromatic carbocycles. The van der Waals surface area contributed by atoms with Gasteiger partial charge in [0.1, 0.15) is 0 Å². The second-order valence-corrected chi connectivity index (χ2v) is 9.09. The molecule has 1 N–H and O–H groups in total. The molecule has 0 fully saturated rings. The normalized spacial score (nSPS) is 13.7. The molecule has 1 aromatic heterocycles. The van der Waals surface area contributed by atoms with Gasteiger partial charge in [0.05, 0.1) is 25.3 Å². The molecule has 0 radical (unpaired) electrons. The van der Waals surface area contributed by atoms with E-state index in [0.29, 0.717) is 53.3 Å². The largest absolute Gasteiger partial charge is 0.493 e. The predicted octanol–water partition coefficient (Wildman–Crippen LogP) is 6.94. The van der Waals surface area contributed by atoms with Crippen molar-refractivity contribution in [3.8, 4) is 11.5 Å². The van der Waals surface area contributed by atoms with Crippen molar-refractivity contribution in [1.82, 2.24) is 9.88 Å². The summed E-state index contributed by atoms with van der Waals surface area (Å²) in [5, 5.41) is 3.78. The van der Waals surface area contributed by atoms with Gasteiger partial charge in [-0.05, 0) is 72.2 Å². The van der Waals surface area contributed by atoms with E-state index in [2.05, 4.69) is 16.4 Å². The maximum absolute atomic E-state index is 13.1. The lowest BCUT2D eigenvalue weighted by molar-refractivity contribution is -0.137. The lowest BCUT2D eigenvalue weighted by Gasteiger charge is -2.27. The lowest BCUT2D eigenvalue weighted by atomic mass is 9.98. The summed E-state index contributed by atoms with van der Waals surface area (Å²) in [5.74, 6) is 1.26. The summed E-state index contributed by atoms with van der Waals surface area (Å²) in [4.78, 5) is 19.0. The van der Waals surface area contributed by atoms with Gasteiger partial charge in [-0.3, -0.25) is 9.78 Å². The summed E-state index contributed by atoms with van der Waals surface area (Å²) < 4.78 is 49.9. The van der Waals surface area contributed by atoms with Crippen molar-refractivity contribution in [2.75, 3.05) is 32.6 Å². The monoisotopic (exact) mass is 533 g/mol. The number of alkyl halides is 3. The average Bonchev–Trinajstić information content (AvgIpc) is 2.96. The van der Waals surface area contributed by atoms with E-state index in [9.17, 15) is 18.0 Å². The quantitative estimate of drug-likeness (QED) is 0.291. The fourth-order valence-corrected chi connectivity index (χ4v) is 4.62. The van der Waals surface area contributed by atoms with Crippen molar-refractivity contribution in [3.63, 3.8) is 0 Å². The summed E-state index contributed by atoms with van der Waals surface area (Å²) in [6, 6.07) is 18.0. The van der Waals surface area contributed by atoms with E-state index in [0.717, 1.165) is 23.3 Å². The third kappa shape index (κ3) is 5.52. The van der Waals surface area contributed by atoms with E-state index in [-0.39, 0.29) is 11.4 Å². The Morgan fingerprint density at radius 1 is 0.949 bits per heavy atom. The molecule has 0 atom stereocenters. The Balaban J connectivity index is 1.27. The number of rotatable bonds is 6. The van der Waals surface area contributed by atoms with Crippen LogP contribution in [0.15, 0.2) is 79.0 Å². The first-order valence-electron chi connectivity index (χ1n) is 12.3. The number of nitrogens with one attached hydrogen (secondary N) is 1. The first-order valence-corrected chi connectivity index (χ1v) is 12.3. The van der Waals surface area contributed by atoms with E-state index >= 15 is 0 Å². The molecule has 1 amide bonds. The number of carbonyl (C=O) groups excluding carboxylic acids is 1. The van der Waals surface area contributed by atoms with Crippen molar-refractivity contribution in [2.24, 2.45) is 0 Å². The highest BCUT2D eigenvalue weighted by Crippen LogP contribution is 2.34. The zero-order valence-electron chi connectivity index (χ0n) is 21.4. The number of carbonyl (C=O) groups is 1. The van der Waals surface area contributed by atoms with E-state index in [1.165, 1.54) is 12.3 Å².